The number of unbranched alkanes of at least 4 members (excludes halogenated alkanes) is 1. The van der Waals surface area contributed by atoms with E-state index in [-0.39, 0.29) is 18.1 Å². The molecule has 206 valence electrons. The van der Waals surface area contributed by atoms with Crippen molar-refractivity contribution in [2.45, 2.75) is 84.0 Å². The molecule has 0 heterocycles. The number of phenolic OH excluding ortho intramolecular Hbond substituents is 1. The molecule has 1 unspecified atom stereocenters. The summed E-state index contributed by atoms with van der Waals surface area (Å²) in [6.07, 6.45) is 2.76. The van der Waals surface area contributed by atoms with Crippen molar-refractivity contribution in [1.29, 1.82) is 0 Å². The minimum absolute atomic E-state index is 0.0734. The van der Waals surface area contributed by atoms with Crippen LogP contribution in [0.5, 0.6) is 5.75 Å². The molecule has 4 amide bonds. The Morgan fingerprint density at radius 1 is 0.919 bits per heavy atom. The highest BCUT2D eigenvalue weighted by Crippen LogP contribution is 2.12. The van der Waals surface area contributed by atoms with E-state index in [1.807, 2.05) is 0 Å². The number of carbonyl (C=O) groups excluding carboxylic acids is 5. The molecule has 0 aliphatic rings. The van der Waals surface area contributed by atoms with Gasteiger partial charge in [-0.15, -0.1) is 0 Å². The van der Waals surface area contributed by atoms with E-state index in [0.717, 1.165) is 0 Å². The Morgan fingerprint density at radius 3 is 2.05 bits per heavy atom. The van der Waals surface area contributed by atoms with Crippen molar-refractivity contribution in [3.05, 3.63) is 29.8 Å². The summed E-state index contributed by atoms with van der Waals surface area (Å²) >= 11 is 0. The van der Waals surface area contributed by atoms with E-state index in [1.165, 1.54) is 19.1 Å². The number of hydrogen-bond acceptors (Lipinski definition) is 7. The van der Waals surface area contributed by atoms with Crippen LogP contribution in [-0.4, -0.2) is 65.7 Å². The molecule has 0 bridgehead atoms. The van der Waals surface area contributed by atoms with Crippen LogP contribution in [0.3, 0.4) is 0 Å². The van der Waals surface area contributed by atoms with Crippen molar-refractivity contribution < 1.29 is 29.1 Å². The second-order valence-electron chi connectivity index (χ2n) is 9.36. The van der Waals surface area contributed by atoms with Gasteiger partial charge in [-0.25, -0.2) is 0 Å². The molecule has 0 saturated carbocycles. The Balaban J connectivity index is 3.02. The Hall–Kier alpha value is -3.47. The maximum Gasteiger partial charge on any atom is 0.243 e. The lowest BCUT2D eigenvalue weighted by Gasteiger charge is -2.27. The number of nitrogens with two attached hydrogens (primary N) is 1. The minimum Gasteiger partial charge on any atom is -0.508 e. The Bertz CT molecular complexity index is 905. The first-order chi connectivity index (χ1) is 17.5. The summed E-state index contributed by atoms with van der Waals surface area (Å²) in [4.78, 5) is 62.1. The third-order valence-electron chi connectivity index (χ3n) is 5.83. The second-order valence-corrected chi connectivity index (χ2v) is 9.36. The third-order valence-corrected chi connectivity index (χ3v) is 5.83. The molecule has 7 N–H and O–H groups in total. The zero-order valence-electron chi connectivity index (χ0n) is 22.1. The largest absolute Gasteiger partial charge is 0.508 e. The van der Waals surface area contributed by atoms with E-state index in [0.29, 0.717) is 44.1 Å². The summed E-state index contributed by atoms with van der Waals surface area (Å²) in [5.74, 6) is -2.27. The highest BCUT2D eigenvalue weighted by atomic mass is 16.3. The normalized spacial score (nSPS) is 14.1. The van der Waals surface area contributed by atoms with Crippen LogP contribution in [0.1, 0.15) is 58.9 Å². The lowest BCUT2D eigenvalue weighted by molar-refractivity contribution is -0.134. The Morgan fingerprint density at radius 2 is 1.54 bits per heavy atom. The Kier molecular flexibility index (Phi) is 13.9. The highest BCUT2D eigenvalue weighted by Gasteiger charge is 2.31. The summed E-state index contributed by atoms with van der Waals surface area (Å²) in [6, 6.07) is 2.71. The number of carbonyl (C=O) groups is 5. The number of nitrogens with one attached hydrogen (secondary N) is 4. The van der Waals surface area contributed by atoms with E-state index in [1.54, 1.807) is 32.9 Å². The summed E-state index contributed by atoms with van der Waals surface area (Å²) in [6.45, 7) is 6.98. The van der Waals surface area contributed by atoms with Crippen molar-refractivity contribution in [3.8, 4) is 5.75 Å². The quantitative estimate of drug-likeness (QED) is 0.134. The van der Waals surface area contributed by atoms with Crippen LogP contribution in [0, 0.1) is 5.92 Å². The monoisotopic (exact) mass is 519 g/mol. The van der Waals surface area contributed by atoms with Gasteiger partial charge in [0.25, 0.3) is 0 Å². The lowest BCUT2D eigenvalue weighted by Crippen LogP contribution is -2.59. The van der Waals surface area contributed by atoms with E-state index >= 15 is 0 Å². The van der Waals surface area contributed by atoms with Crippen LogP contribution in [0.15, 0.2) is 24.3 Å². The average molecular weight is 520 g/mol. The number of aldehydes is 1. The van der Waals surface area contributed by atoms with Gasteiger partial charge in [0.1, 0.15) is 30.2 Å². The molecule has 11 nitrogen and oxygen atoms in total. The van der Waals surface area contributed by atoms with Gasteiger partial charge < -0.3 is 36.9 Å². The molecule has 0 saturated heterocycles. The van der Waals surface area contributed by atoms with Gasteiger partial charge in [0.05, 0.1) is 6.04 Å². The van der Waals surface area contributed by atoms with Crippen LogP contribution < -0.4 is 27.0 Å². The zero-order chi connectivity index (χ0) is 28.0. The topological polar surface area (TPSA) is 180 Å². The van der Waals surface area contributed by atoms with E-state index in [9.17, 15) is 29.1 Å². The molecule has 37 heavy (non-hydrogen) atoms. The zero-order valence-corrected chi connectivity index (χ0v) is 22.1. The van der Waals surface area contributed by atoms with E-state index < -0.39 is 47.8 Å². The molecule has 0 radical (unpaired) electrons. The predicted octanol–water partition coefficient (Wildman–Crippen LogP) is 0.288. The van der Waals surface area contributed by atoms with Gasteiger partial charge in [-0.3, -0.25) is 19.2 Å². The standard InChI is InChI=1S/C26H41N5O6/c1-5-19(15-32)29-24(35)21(8-6-7-13-27)30-26(37)23(16(2)3)31-25(36)22(28-17(4)33)14-18-9-11-20(34)12-10-18/h9-12,15-16,19,21-23,34H,5-8,13-14,27H2,1-4H3,(H,28,33)(H,29,35)(H,30,37)(H,31,36)/t19?,21-,22-,23-/m0/s1. The molecule has 0 aromatic heterocycles. The lowest BCUT2D eigenvalue weighted by atomic mass is 10.00. The van der Waals surface area contributed by atoms with Gasteiger partial charge in [0.2, 0.25) is 23.6 Å². The Labute approximate surface area is 218 Å². The van der Waals surface area contributed by atoms with E-state index in [4.69, 9.17) is 5.73 Å². The molecule has 0 aliphatic heterocycles. The molecular formula is C26H41N5O6. The number of aromatic hydroxyl groups is 1. The number of hydrogen-bond donors (Lipinski definition) is 6. The highest BCUT2D eigenvalue weighted by molar-refractivity contribution is 5.94. The maximum absolute atomic E-state index is 13.2. The molecular weight excluding hydrogens is 478 g/mol. The van der Waals surface area contributed by atoms with Gasteiger partial charge >= 0.3 is 0 Å². The van der Waals surface area contributed by atoms with Crippen molar-refractivity contribution in [2.24, 2.45) is 11.7 Å². The van der Waals surface area contributed by atoms with Crippen molar-refractivity contribution in [3.63, 3.8) is 0 Å². The first-order valence-corrected chi connectivity index (χ1v) is 12.6. The molecule has 4 atom stereocenters. The van der Waals surface area contributed by atoms with E-state index in [2.05, 4.69) is 21.3 Å². The third kappa shape index (κ3) is 11.4. The second kappa shape index (κ2) is 16.3. The van der Waals surface area contributed by atoms with Crippen molar-refractivity contribution in [1.82, 2.24) is 21.3 Å². The first-order valence-electron chi connectivity index (χ1n) is 12.6. The summed E-state index contributed by atoms with van der Waals surface area (Å²) < 4.78 is 0. The molecule has 0 fully saturated rings. The average Bonchev–Trinajstić information content (AvgIpc) is 2.85. The summed E-state index contributed by atoms with van der Waals surface area (Å²) in [7, 11) is 0. The SMILES string of the molecule is CCC(C=O)NC(=O)[C@H](CCCCN)NC(=O)[C@@H](NC(=O)[C@H](Cc1ccc(O)cc1)NC(C)=O)C(C)C. The molecule has 1 rings (SSSR count). The van der Waals surface area contributed by atoms with Gasteiger partial charge in [-0.1, -0.05) is 32.9 Å². The fourth-order valence-electron chi connectivity index (χ4n) is 3.65. The van der Waals surface area contributed by atoms with Crippen LogP contribution in [0.25, 0.3) is 0 Å². The minimum atomic E-state index is -0.985. The van der Waals surface area contributed by atoms with Gasteiger partial charge in [-0.2, -0.15) is 0 Å². The maximum atomic E-state index is 13.2. The first kappa shape index (κ1) is 31.6. The van der Waals surface area contributed by atoms with Crippen LogP contribution >= 0.6 is 0 Å². The van der Waals surface area contributed by atoms with Crippen LogP contribution in [-0.2, 0) is 30.4 Å². The van der Waals surface area contributed by atoms with Gasteiger partial charge in [0, 0.05) is 13.3 Å². The molecule has 0 spiro atoms. The molecule has 1 aromatic carbocycles. The molecule has 11 heteroatoms. The van der Waals surface area contributed by atoms with Crippen molar-refractivity contribution in [2.75, 3.05) is 6.54 Å². The van der Waals surface area contributed by atoms with Crippen molar-refractivity contribution >= 4 is 29.9 Å². The fourth-order valence-corrected chi connectivity index (χ4v) is 3.65. The van der Waals surface area contributed by atoms with Crippen LogP contribution in [0.4, 0.5) is 0 Å². The molecule has 1 aromatic rings. The fraction of sp³-hybridized carbons (Fsp3) is 0.577. The van der Waals surface area contributed by atoms with Gasteiger partial charge in [-0.05, 0) is 55.8 Å². The summed E-state index contributed by atoms with van der Waals surface area (Å²) in [5, 5.41) is 20.1. The number of phenols is 1. The number of rotatable bonds is 16. The summed E-state index contributed by atoms with van der Waals surface area (Å²) in [5.41, 5.74) is 6.26. The smallest absolute Gasteiger partial charge is 0.243 e. The number of benzene rings is 1. The van der Waals surface area contributed by atoms with Crippen LogP contribution in [0.2, 0.25) is 0 Å². The van der Waals surface area contributed by atoms with Gasteiger partial charge in [0.15, 0.2) is 0 Å². The molecule has 0 aliphatic carbocycles. The number of amides is 4. The predicted molar refractivity (Wildman–Crippen MR) is 139 cm³/mol.